The number of phenols is 1. The van der Waals surface area contributed by atoms with Crippen LogP contribution in [0.15, 0.2) is 36.4 Å². The Morgan fingerprint density at radius 1 is 1.19 bits per heavy atom. The number of imidazole rings is 1. The van der Waals surface area contributed by atoms with Crippen LogP contribution in [0.1, 0.15) is 35.2 Å². The van der Waals surface area contributed by atoms with Crippen LogP contribution in [-0.2, 0) is 0 Å². The Balaban J connectivity index is 1.58. The number of carbonyl (C=O) groups is 1. The zero-order chi connectivity index (χ0) is 18.1. The number of fused-ring (bicyclic) bond motifs is 1. The molecule has 1 aromatic heterocycles. The standard InChI is InChI=1S/C20H22N4O2/c1-13-12-14(20(26)23-24-10-3-2-4-11-24)8-9-15(13)19-21-16-6-5-7-17(25)18(16)22-19/h5-9,12,25H,2-4,10-11H2,1H3,(H,21,22)(H,23,26). The number of aromatic hydroxyl groups is 1. The topological polar surface area (TPSA) is 81.2 Å². The first-order valence-corrected chi connectivity index (χ1v) is 8.96. The van der Waals surface area contributed by atoms with Gasteiger partial charge in [-0.15, -0.1) is 0 Å². The molecule has 0 aliphatic carbocycles. The highest BCUT2D eigenvalue weighted by atomic mass is 16.3. The molecule has 1 aliphatic rings. The first-order chi connectivity index (χ1) is 12.6. The Hall–Kier alpha value is -2.86. The normalized spacial score (nSPS) is 15.3. The number of nitrogens with zero attached hydrogens (tertiary/aromatic N) is 2. The zero-order valence-corrected chi connectivity index (χ0v) is 14.7. The highest BCUT2D eigenvalue weighted by Gasteiger charge is 2.16. The summed E-state index contributed by atoms with van der Waals surface area (Å²) in [5.74, 6) is 0.756. The molecule has 1 fully saturated rings. The van der Waals surface area contributed by atoms with Gasteiger partial charge in [-0.2, -0.15) is 0 Å². The fourth-order valence-corrected chi connectivity index (χ4v) is 3.43. The van der Waals surface area contributed by atoms with E-state index >= 15 is 0 Å². The summed E-state index contributed by atoms with van der Waals surface area (Å²) in [6.07, 6.45) is 3.47. The van der Waals surface area contributed by atoms with Crippen LogP contribution in [0.2, 0.25) is 0 Å². The van der Waals surface area contributed by atoms with E-state index in [-0.39, 0.29) is 11.7 Å². The average Bonchev–Trinajstić information content (AvgIpc) is 3.08. The van der Waals surface area contributed by atoms with Crippen LogP contribution in [0.5, 0.6) is 5.75 Å². The van der Waals surface area contributed by atoms with Crippen molar-refractivity contribution in [3.63, 3.8) is 0 Å². The van der Waals surface area contributed by atoms with Gasteiger partial charge in [0.1, 0.15) is 17.1 Å². The number of amides is 1. The molecule has 0 atom stereocenters. The van der Waals surface area contributed by atoms with Crippen LogP contribution in [0.3, 0.4) is 0 Å². The molecular weight excluding hydrogens is 328 g/mol. The number of rotatable bonds is 3. The van der Waals surface area contributed by atoms with Crippen molar-refractivity contribution < 1.29 is 9.90 Å². The van der Waals surface area contributed by atoms with Crippen molar-refractivity contribution in [2.24, 2.45) is 0 Å². The fraction of sp³-hybridized carbons (Fsp3) is 0.300. The lowest BCUT2D eigenvalue weighted by Crippen LogP contribution is -2.45. The first kappa shape index (κ1) is 16.6. The monoisotopic (exact) mass is 350 g/mol. The van der Waals surface area contributed by atoms with Crippen LogP contribution in [-0.4, -0.2) is 39.1 Å². The Labute approximate surface area is 151 Å². The molecule has 2 heterocycles. The molecule has 3 aromatic rings. The maximum Gasteiger partial charge on any atom is 0.265 e. The van der Waals surface area contributed by atoms with E-state index in [9.17, 15) is 9.90 Å². The maximum absolute atomic E-state index is 12.5. The molecule has 4 rings (SSSR count). The third-order valence-electron chi connectivity index (χ3n) is 4.85. The Bertz CT molecular complexity index is 958. The van der Waals surface area contributed by atoms with Crippen molar-refractivity contribution >= 4 is 16.9 Å². The lowest BCUT2D eigenvalue weighted by molar-refractivity contribution is 0.0750. The molecule has 1 saturated heterocycles. The van der Waals surface area contributed by atoms with Crippen molar-refractivity contribution in [2.45, 2.75) is 26.2 Å². The van der Waals surface area contributed by atoms with E-state index in [0.29, 0.717) is 16.9 Å². The SMILES string of the molecule is Cc1cc(C(=O)NN2CCCCC2)ccc1-c1nc2c(O)cccc2[nH]1. The number of para-hydroxylation sites is 1. The summed E-state index contributed by atoms with van der Waals surface area (Å²) < 4.78 is 0. The van der Waals surface area contributed by atoms with Crippen molar-refractivity contribution in [3.8, 4) is 17.1 Å². The molecular formula is C20H22N4O2. The summed E-state index contributed by atoms with van der Waals surface area (Å²) in [7, 11) is 0. The molecule has 2 aromatic carbocycles. The summed E-state index contributed by atoms with van der Waals surface area (Å²) in [6, 6.07) is 10.9. The van der Waals surface area contributed by atoms with Gasteiger partial charge in [-0.05, 0) is 49.6 Å². The van der Waals surface area contributed by atoms with E-state index < -0.39 is 0 Å². The molecule has 1 amide bonds. The van der Waals surface area contributed by atoms with E-state index in [2.05, 4.69) is 15.4 Å². The third-order valence-corrected chi connectivity index (χ3v) is 4.85. The lowest BCUT2D eigenvalue weighted by Gasteiger charge is -2.26. The molecule has 0 radical (unpaired) electrons. The summed E-state index contributed by atoms with van der Waals surface area (Å²) in [5, 5.41) is 11.9. The number of aromatic amines is 1. The van der Waals surface area contributed by atoms with Crippen LogP contribution in [0.4, 0.5) is 0 Å². The molecule has 6 nitrogen and oxygen atoms in total. The van der Waals surface area contributed by atoms with Crippen molar-refractivity contribution in [2.75, 3.05) is 13.1 Å². The number of hydrogen-bond acceptors (Lipinski definition) is 4. The van der Waals surface area contributed by atoms with Gasteiger partial charge in [0.05, 0.1) is 5.52 Å². The van der Waals surface area contributed by atoms with Gasteiger partial charge in [0.25, 0.3) is 5.91 Å². The summed E-state index contributed by atoms with van der Waals surface area (Å²) in [5.41, 5.74) is 6.82. The zero-order valence-electron chi connectivity index (χ0n) is 14.7. The Morgan fingerprint density at radius 3 is 2.73 bits per heavy atom. The van der Waals surface area contributed by atoms with Crippen LogP contribution >= 0.6 is 0 Å². The number of phenolic OH excluding ortho intramolecular Hbond substituents is 1. The number of nitrogens with one attached hydrogen (secondary N) is 2. The second-order valence-corrected chi connectivity index (χ2v) is 6.78. The van der Waals surface area contributed by atoms with Gasteiger partial charge in [-0.3, -0.25) is 10.2 Å². The minimum Gasteiger partial charge on any atom is -0.506 e. The second kappa shape index (κ2) is 6.80. The number of aryl methyl sites for hydroxylation is 1. The lowest BCUT2D eigenvalue weighted by atomic mass is 10.0. The number of H-pyrrole nitrogens is 1. The highest BCUT2D eigenvalue weighted by Crippen LogP contribution is 2.28. The largest absolute Gasteiger partial charge is 0.506 e. The number of benzene rings is 2. The van der Waals surface area contributed by atoms with Crippen LogP contribution < -0.4 is 5.43 Å². The number of hydrazine groups is 1. The number of piperidine rings is 1. The van der Waals surface area contributed by atoms with Gasteiger partial charge in [0.2, 0.25) is 0 Å². The van der Waals surface area contributed by atoms with Crippen molar-refractivity contribution in [1.82, 2.24) is 20.4 Å². The number of carbonyl (C=O) groups excluding carboxylic acids is 1. The number of hydrogen-bond donors (Lipinski definition) is 3. The molecule has 1 aliphatic heterocycles. The van der Waals surface area contributed by atoms with Crippen molar-refractivity contribution in [3.05, 3.63) is 47.5 Å². The molecule has 0 unspecified atom stereocenters. The molecule has 3 N–H and O–H groups in total. The average molecular weight is 350 g/mol. The van der Waals surface area contributed by atoms with E-state index in [1.165, 1.54) is 6.42 Å². The van der Waals surface area contributed by atoms with E-state index in [0.717, 1.165) is 42.6 Å². The molecule has 0 saturated carbocycles. The fourth-order valence-electron chi connectivity index (χ4n) is 3.43. The second-order valence-electron chi connectivity index (χ2n) is 6.78. The van der Waals surface area contributed by atoms with E-state index in [1.807, 2.05) is 36.2 Å². The summed E-state index contributed by atoms with van der Waals surface area (Å²) >= 11 is 0. The van der Waals surface area contributed by atoms with Gasteiger partial charge in [-0.25, -0.2) is 9.99 Å². The summed E-state index contributed by atoms with van der Waals surface area (Å²) in [4.78, 5) is 20.2. The predicted molar refractivity (Wildman–Crippen MR) is 101 cm³/mol. The smallest absolute Gasteiger partial charge is 0.265 e. The third kappa shape index (κ3) is 3.15. The van der Waals surface area contributed by atoms with Crippen molar-refractivity contribution in [1.29, 1.82) is 0 Å². The molecule has 134 valence electrons. The minimum absolute atomic E-state index is 0.0798. The Kier molecular flexibility index (Phi) is 4.34. The van der Waals surface area contributed by atoms with Gasteiger partial charge in [-0.1, -0.05) is 18.6 Å². The van der Waals surface area contributed by atoms with E-state index in [4.69, 9.17) is 0 Å². The quantitative estimate of drug-likeness (QED) is 0.676. The maximum atomic E-state index is 12.5. The van der Waals surface area contributed by atoms with Crippen LogP contribution in [0, 0.1) is 6.92 Å². The molecule has 0 bridgehead atoms. The van der Waals surface area contributed by atoms with Gasteiger partial charge < -0.3 is 10.1 Å². The first-order valence-electron chi connectivity index (χ1n) is 8.96. The molecule has 6 heteroatoms. The molecule has 0 spiro atoms. The number of aromatic nitrogens is 2. The summed E-state index contributed by atoms with van der Waals surface area (Å²) in [6.45, 7) is 3.77. The van der Waals surface area contributed by atoms with Gasteiger partial charge in [0.15, 0.2) is 0 Å². The van der Waals surface area contributed by atoms with Gasteiger partial charge in [0, 0.05) is 24.2 Å². The van der Waals surface area contributed by atoms with Crippen LogP contribution in [0.25, 0.3) is 22.4 Å². The molecule has 26 heavy (non-hydrogen) atoms. The predicted octanol–water partition coefficient (Wildman–Crippen LogP) is 3.37. The highest BCUT2D eigenvalue weighted by molar-refractivity contribution is 5.95. The van der Waals surface area contributed by atoms with E-state index in [1.54, 1.807) is 12.1 Å². The van der Waals surface area contributed by atoms with Gasteiger partial charge >= 0.3 is 0 Å². The Morgan fingerprint density at radius 2 is 2.00 bits per heavy atom. The minimum atomic E-state index is -0.0798.